The van der Waals surface area contributed by atoms with E-state index in [1.807, 2.05) is 44.2 Å². The standard InChI is InChI=1S/C24H26N2O4S/c1-3-30-22-12-14-23(15-13-22)31(28,29)26-21-11-7-10-20(16-21)24(27)25-17-18(2)19-8-5-4-6-9-19/h4-16,18,26H,3,17H2,1-2H3,(H,25,27). The van der Waals surface area contributed by atoms with Gasteiger partial charge in [-0.05, 0) is 60.9 Å². The molecule has 0 spiro atoms. The fourth-order valence-corrected chi connectivity index (χ4v) is 4.12. The number of nitrogens with one attached hydrogen (secondary N) is 2. The molecule has 0 saturated carbocycles. The molecule has 1 atom stereocenters. The van der Waals surface area contributed by atoms with E-state index in [-0.39, 0.29) is 16.7 Å². The van der Waals surface area contributed by atoms with Crippen molar-refractivity contribution in [3.63, 3.8) is 0 Å². The van der Waals surface area contributed by atoms with Crippen molar-refractivity contribution in [2.45, 2.75) is 24.7 Å². The maximum absolute atomic E-state index is 12.7. The summed E-state index contributed by atoms with van der Waals surface area (Å²) in [6.45, 7) is 4.88. The molecule has 1 unspecified atom stereocenters. The topological polar surface area (TPSA) is 84.5 Å². The monoisotopic (exact) mass is 438 g/mol. The molecule has 3 rings (SSSR count). The third kappa shape index (κ3) is 6.08. The number of rotatable bonds is 9. The number of amides is 1. The Kier molecular flexibility index (Phi) is 7.31. The summed E-state index contributed by atoms with van der Waals surface area (Å²) in [5.74, 6) is 0.501. The molecule has 0 aliphatic carbocycles. The van der Waals surface area contributed by atoms with Crippen LogP contribution in [0.3, 0.4) is 0 Å². The van der Waals surface area contributed by atoms with Crippen molar-refractivity contribution in [3.05, 3.63) is 90.0 Å². The van der Waals surface area contributed by atoms with E-state index in [9.17, 15) is 13.2 Å². The first kappa shape index (κ1) is 22.4. The van der Waals surface area contributed by atoms with E-state index in [4.69, 9.17) is 4.74 Å². The molecule has 0 heterocycles. The zero-order valence-electron chi connectivity index (χ0n) is 17.5. The van der Waals surface area contributed by atoms with E-state index in [1.165, 1.54) is 18.2 Å². The first-order valence-corrected chi connectivity index (χ1v) is 11.6. The molecule has 6 nitrogen and oxygen atoms in total. The highest BCUT2D eigenvalue weighted by molar-refractivity contribution is 7.92. The number of ether oxygens (including phenoxy) is 1. The highest BCUT2D eigenvalue weighted by Gasteiger charge is 2.16. The summed E-state index contributed by atoms with van der Waals surface area (Å²) in [4.78, 5) is 12.7. The molecular weight excluding hydrogens is 412 g/mol. The summed E-state index contributed by atoms with van der Waals surface area (Å²) in [7, 11) is -3.79. The van der Waals surface area contributed by atoms with Crippen molar-refractivity contribution < 1.29 is 17.9 Å². The minimum atomic E-state index is -3.79. The average molecular weight is 439 g/mol. The summed E-state index contributed by atoms with van der Waals surface area (Å²) >= 11 is 0. The number of anilines is 1. The van der Waals surface area contributed by atoms with Gasteiger partial charge in [-0.1, -0.05) is 43.3 Å². The minimum absolute atomic E-state index is 0.113. The highest BCUT2D eigenvalue weighted by Crippen LogP contribution is 2.20. The smallest absolute Gasteiger partial charge is 0.261 e. The van der Waals surface area contributed by atoms with Gasteiger partial charge < -0.3 is 10.1 Å². The van der Waals surface area contributed by atoms with Crippen molar-refractivity contribution >= 4 is 21.6 Å². The third-order valence-corrected chi connectivity index (χ3v) is 6.16. The fraction of sp³-hybridized carbons (Fsp3) is 0.208. The van der Waals surface area contributed by atoms with E-state index in [0.29, 0.717) is 30.2 Å². The van der Waals surface area contributed by atoms with Gasteiger partial charge in [0.2, 0.25) is 0 Å². The lowest BCUT2D eigenvalue weighted by molar-refractivity contribution is 0.0951. The second kappa shape index (κ2) is 10.1. The summed E-state index contributed by atoms with van der Waals surface area (Å²) in [6, 6.07) is 22.5. The third-order valence-electron chi connectivity index (χ3n) is 4.76. The van der Waals surface area contributed by atoms with Gasteiger partial charge in [0, 0.05) is 17.8 Å². The van der Waals surface area contributed by atoms with Crippen LogP contribution in [0.15, 0.2) is 83.8 Å². The van der Waals surface area contributed by atoms with Gasteiger partial charge in [-0.15, -0.1) is 0 Å². The average Bonchev–Trinajstić information content (AvgIpc) is 2.78. The number of benzene rings is 3. The zero-order valence-corrected chi connectivity index (χ0v) is 18.4. The second-order valence-electron chi connectivity index (χ2n) is 7.11. The number of sulfonamides is 1. The highest BCUT2D eigenvalue weighted by atomic mass is 32.2. The van der Waals surface area contributed by atoms with Crippen LogP contribution in [0.1, 0.15) is 35.7 Å². The van der Waals surface area contributed by atoms with Gasteiger partial charge in [-0.25, -0.2) is 8.42 Å². The molecule has 0 aliphatic rings. The van der Waals surface area contributed by atoms with Crippen LogP contribution < -0.4 is 14.8 Å². The van der Waals surface area contributed by atoms with Crippen LogP contribution in [0.5, 0.6) is 5.75 Å². The van der Waals surface area contributed by atoms with Crippen LogP contribution >= 0.6 is 0 Å². The van der Waals surface area contributed by atoms with Crippen molar-refractivity contribution in [1.29, 1.82) is 0 Å². The fourth-order valence-electron chi connectivity index (χ4n) is 3.07. The molecule has 2 N–H and O–H groups in total. The summed E-state index contributed by atoms with van der Waals surface area (Å²) in [5, 5.41) is 2.91. The molecule has 0 saturated heterocycles. The maximum Gasteiger partial charge on any atom is 0.261 e. The summed E-state index contributed by atoms with van der Waals surface area (Å²) in [5.41, 5.74) is 1.84. The molecule has 0 radical (unpaired) electrons. The lowest BCUT2D eigenvalue weighted by Gasteiger charge is -2.14. The van der Waals surface area contributed by atoms with Gasteiger partial charge >= 0.3 is 0 Å². The molecule has 0 aliphatic heterocycles. The normalized spacial score (nSPS) is 12.1. The molecule has 31 heavy (non-hydrogen) atoms. The predicted molar refractivity (Wildman–Crippen MR) is 122 cm³/mol. The summed E-state index contributed by atoms with van der Waals surface area (Å²) < 4.78 is 33.2. The largest absolute Gasteiger partial charge is 0.494 e. The quantitative estimate of drug-likeness (QED) is 0.518. The molecule has 0 aromatic heterocycles. The molecule has 3 aromatic carbocycles. The molecular formula is C24H26N2O4S. The Labute approximate surface area is 183 Å². The van der Waals surface area contributed by atoms with Crippen molar-refractivity contribution in [2.75, 3.05) is 17.9 Å². The molecule has 3 aromatic rings. The van der Waals surface area contributed by atoms with Crippen LogP contribution in [0, 0.1) is 0 Å². The Bertz CT molecular complexity index is 1110. The van der Waals surface area contributed by atoms with E-state index in [0.717, 1.165) is 5.56 Å². The van der Waals surface area contributed by atoms with Crippen LogP contribution in [0.2, 0.25) is 0 Å². The van der Waals surface area contributed by atoms with Gasteiger partial charge in [0.25, 0.3) is 15.9 Å². The molecule has 0 bridgehead atoms. The zero-order chi connectivity index (χ0) is 22.3. The first-order chi connectivity index (χ1) is 14.9. The lowest BCUT2D eigenvalue weighted by atomic mass is 10.0. The minimum Gasteiger partial charge on any atom is -0.494 e. The van der Waals surface area contributed by atoms with E-state index < -0.39 is 10.0 Å². The van der Waals surface area contributed by atoms with Gasteiger partial charge in [0.1, 0.15) is 5.75 Å². The SMILES string of the molecule is CCOc1ccc(S(=O)(=O)Nc2cccc(C(=O)NCC(C)c3ccccc3)c2)cc1. The number of hydrogen-bond donors (Lipinski definition) is 2. The Balaban J connectivity index is 1.65. The lowest BCUT2D eigenvalue weighted by Crippen LogP contribution is -2.27. The van der Waals surface area contributed by atoms with Gasteiger partial charge in [-0.2, -0.15) is 0 Å². The van der Waals surface area contributed by atoms with E-state index in [2.05, 4.69) is 10.0 Å². The van der Waals surface area contributed by atoms with Crippen molar-refractivity contribution in [1.82, 2.24) is 5.32 Å². The number of hydrogen-bond acceptors (Lipinski definition) is 4. The van der Waals surface area contributed by atoms with Crippen LogP contribution in [-0.4, -0.2) is 27.5 Å². The Morgan fingerprint density at radius 3 is 2.35 bits per heavy atom. The Morgan fingerprint density at radius 1 is 0.968 bits per heavy atom. The maximum atomic E-state index is 12.7. The van der Waals surface area contributed by atoms with Gasteiger partial charge in [-0.3, -0.25) is 9.52 Å². The van der Waals surface area contributed by atoms with Gasteiger partial charge in [0.05, 0.1) is 11.5 Å². The number of carbonyl (C=O) groups excluding carboxylic acids is 1. The number of carbonyl (C=O) groups is 1. The Hall–Kier alpha value is -3.32. The Morgan fingerprint density at radius 2 is 1.68 bits per heavy atom. The van der Waals surface area contributed by atoms with Crippen LogP contribution in [0.25, 0.3) is 0 Å². The molecule has 1 amide bonds. The van der Waals surface area contributed by atoms with Crippen molar-refractivity contribution in [3.8, 4) is 5.75 Å². The van der Waals surface area contributed by atoms with E-state index >= 15 is 0 Å². The van der Waals surface area contributed by atoms with Gasteiger partial charge in [0.15, 0.2) is 0 Å². The van der Waals surface area contributed by atoms with Crippen LogP contribution in [-0.2, 0) is 10.0 Å². The predicted octanol–water partition coefficient (Wildman–Crippen LogP) is 4.42. The first-order valence-electron chi connectivity index (χ1n) is 10.1. The molecule has 7 heteroatoms. The molecule has 0 fully saturated rings. The second-order valence-corrected chi connectivity index (χ2v) is 8.79. The molecule has 162 valence electrons. The summed E-state index contributed by atoms with van der Waals surface area (Å²) in [6.07, 6.45) is 0. The van der Waals surface area contributed by atoms with Crippen molar-refractivity contribution in [2.24, 2.45) is 0 Å². The van der Waals surface area contributed by atoms with Crippen LogP contribution in [0.4, 0.5) is 5.69 Å². The van der Waals surface area contributed by atoms with E-state index in [1.54, 1.807) is 30.3 Å².